The van der Waals surface area contributed by atoms with Gasteiger partial charge in [-0.25, -0.2) is 15.0 Å². The van der Waals surface area contributed by atoms with E-state index in [1.165, 1.54) is 6.33 Å². The maximum Gasteiger partial charge on any atom is 0.266 e. The summed E-state index contributed by atoms with van der Waals surface area (Å²) in [4.78, 5) is 21.2. The molecule has 2 saturated heterocycles. The zero-order valence-electron chi connectivity index (χ0n) is 17.6. The number of hydrazine groups is 1. The molecule has 2 fully saturated rings. The molecule has 2 aliphatic heterocycles. The van der Waals surface area contributed by atoms with Gasteiger partial charge in [-0.05, 0) is 18.9 Å². The van der Waals surface area contributed by atoms with Crippen molar-refractivity contribution >= 4 is 22.8 Å². The van der Waals surface area contributed by atoms with E-state index in [9.17, 15) is 15.0 Å². The number of aliphatic hydroxyl groups excluding tert-OH is 2. The van der Waals surface area contributed by atoms with E-state index in [4.69, 9.17) is 10.5 Å². The smallest absolute Gasteiger partial charge is 0.266 e. The number of anilines is 1. The van der Waals surface area contributed by atoms with Crippen molar-refractivity contribution in [3.8, 4) is 11.3 Å². The Morgan fingerprint density at radius 3 is 2.72 bits per heavy atom. The minimum Gasteiger partial charge on any atom is -0.387 e. The second kappa shape index (κ2) is 8.13. The number of nitrogens with one attached hydrogen (secondary N) is 1. The molecule has 32 heavy (non-hydrogen) atoms. The van der Waals surface area contributed by atoms with Crippen LogP contribution in [-0.4, -0.2) is 76.8 Å². The van der Waals surface area contributed by atoms with Crippen molar-refractivity contribution in [3.05, 3.63) is 24.8 Å². The van der Waals surface area contributed by atoms with Crippen molar-refractivity contribution in [2.24, 2.45) is 7.05 Å². The molecule has 5 N–H and O–H groups in total. The van der Waals surface area contributed by atoms with E-state index >= 15 is 0 Å². The lowest BCUT2D eigenvalue weighted by atomic mass is 10.1. The van der Waals surface area contributed by atoms with Crippen LogP contribution in [0.2, 0.25) is 0 Å². The van der Waals surface area contributed by atoms with Crippen molar-refractivity contribution in [1.29, 1.82) is 0 Å². The maximum atomic E-state index is 12.8. The molecule has 4 atom stereocenters. The first kappa shape index (κ1) is 20.8. The molecular weight excluding hydrogens is 416 g/mol. The van der Waals surface area contributed by atoms with Crippen LogP contribution in [0.3, 0.4) is 0 Å². The minimum atomic E-state index is -1.40. The number of nitrogens with zero attached hydrogens (tertiary/aromatic N) is 6. The molecule has 0 aromatic carbocycles. The molecule has 2 aliphatic rings. The van der Waals surface area contributed by atoms with Crippen LogP contribution in [0.25, 0.3) is 22.3 Å². The molecule has 3 aromatic heterocycles. The Morgan fingerprint density at radius 2 is 2.00 bits per heavy atom. The van der Waals surface area contributed by atoms with Gasteiger partial charge in [0.1, 0.15) is 30.0 Å². The summed E-state index contributed by atoms with van der Waals surface area (Å²) in [6.07, 6.45) is 2.89. The Kier molecular flexibility index (Phi) is 5.29. The van der Waals surface area contributed by atoms with Crippen LogP contribution in [0.15, 0.2) is 24.8 Å². The number of ether oxygens (including phenoxy) is 1. The number of carbonyl (C=O) groups excluding carboxylic acids is 1. The monoisotopic (exact) mass is 442 g/mol. The third-order valence-corrected chi connectivity index (χ3v) is 6.02. The van der Waals surface area contributed by atoms with Crippen LogP contribution in [-0.2, 0) is 16.6 Å². The normalized spacial score (nSPS) is 26.6. The van der Waals surface area contributed by atoms with Crippen LogP contribution < -0.4 is 11.2 Å². The summed E-state index contributed by atoms with van der Waals surface area (Å²) in [5, 5.41) is 28.2. The zero-order chi connectivity index (χ0) is 22.4. The fraction of sp³-hybridized carbons (Fsp3) is 0.500. The number of amides is 1. The summed E-state index contributed by atoms with van der Waals surface area (Å²) in [5.74, 6) is -0.238. The minimum absolute atomic E-state index is 0.252. The van der Waals surface area contributed by atoms with E-state index in [2.05, 4.69) is 20.5 Å². The first-order chi connectivity index (χ1) is 15.4. The predicted molar refractivity (Wildman–Crippen MR) is 114 cm³/mol. The first-order valence-corrected chi connectivity index (χ1v) is 10.6. The number of fused-ring (bicyclic) bond motifs is 1. The molecule has 0 aliphatic carbocycles. The van der Waals surface area contributed by atoms with E-state index in [0.717, 1.165) is 32.4 Å². The lowest BCUT2D eigenvalue weighted by molar-refractivity contribution is -0.143. The van der Waals surface area contributed by atoms with Gasteiger partial charge in [0.2, 0.25) is 0 Å². The number of carbonyl (C=O) groups is 1. The molecule has 0 spiro atoms. The largest absolute Gasteiger partial charge is 0.387 e. The second-order valence-electron chi connectivity index (χ2n) is 8.23. The Bertz CT molecular complexity index is 1140. The SMILES string of the molecule is Cn1ccc(-c2cn([C@@H]3O[C@H](C(=O)NN4CCCCC4)[C@@H](O)[C@H]3O)c3ncnc(N)c23)n1. The highest BCUT2D eigenvalue weighted by Crippen LogP contribution is 2.37. The van der Waals surface area contributed by atoms with Crippen LogP contribution in [0, 0.1) is 0 Å². The van der Waals surface area contributed by atoms with E-state index in [1.807, 2.05) is 11.1 Å². The molecule has 0 radical (unpaired) electrons. The van der Waals surface area contributed by atoms with Crippen molar-refractivity contribution in [2.45, 2.75) is 43.8 Å². The lowest BCUT2D eigenvalue weighted by Crippen LogP contribution is -2.51. The summed E-state index contributed by atoms with van der Waals surface area (Å²) in [7, 11) is 1.80. The van der Waals surface area contributed by atoms with Crippen LogP contribution in [0.4, 0.5) is 5.82 Å². The fourth-order valence-electron chi connectivity index (χ4n) is 4.39. The highest BCUT2D eigenvalue weighted by Gasteiger charge is 2.48. The summed E-state index contributed by atoms with van der Waals surface area (Å²) in [5.41, 5.74) is 10.6. The predicted octanol–water partition coefficient (Wildman–Crippen LogP) is -0.450. The van der Waals surface area contributed by atoms with Gasteiger partial charge in [0.25, 0.3) is 5.91 Å². The van der Waals surface area contributed by atoms with Crippen molar-refractivity contribution in [3.63, 3.8) is 0 Å². The van der Waals surface area contributed by atoms with E-state index in [-0.39, 0.29) is 5.82 Å². The third kappa shape index (κ3) is 3.50. The van der Waals surface area contributed by atoms with Gasteiger partial charge in [0.05, 0.1) is 11.1 Å². The molecular formula is C20H26N8O4. The number of piperidine rings is 1. The molecule has 170 valence electrons. The van der Waals surface area contributed by atoms with Crippen LogP contribution in [0.1, 0.15) is 25.5 Å². The molecule has 12 heteroatoms. The topological polar surface area (TPSA) is 157 Å². The summed E-state index contributed by atoms with van der Waals surface area (Å²) < 4.78 is 9.10. The fourth-order valence-corrected chi connectivity index (χ4v) is 4.39. The van der Waals surface area contributed by atoms with Crippen molar-refractivity contribution in [1.82, 2.24) is 34.8 Å². The number of nitrogen functional groups attached to an aromatic ring is 1. The Morgan fingerprint density at radius 1 is 1.22 bits per heavy atom. The number of rotatable bonds is 4. The quantitative estimate of drug-likeness (QED) is 0.420. The van der Waals surface area contributed by atoms with Crippen LogP contribution >= 0.6 is 0 Å². The van der Waals surface area contributed by atoms with Crippen LogP contribution in [0.5, 0.6) is 0 Å². The van der Waals surface area contributed by atoms with Gasteiger partial charge in [-0.1, -0.05) is 6.42 Å². The Balaban J connectivity index is 1.47. The number of nitrogens with two attached hydrogens (primary N) is 1. The Hall–Kier alpha value is -3.06. The number of aryl methyl sites for hydroxylation is 1. The number of hydrogen-bond acceptors (Lipinski definition) is 9. The van der Waals surface area contributed by atoms with E-state index in [1.54, 1.807) is 28.7 Å². The van der Waals surface area contributed by atoms with Gasteiger partial charge in [0, 0.05) is 38.1 Å². The van der Waals surface area contributed by atoms with Gasteiger partial charge in [0.15, 0.2) is 12.3 Å². The highest BCUT2D eigenvalue weighted by molar-refractivity contribution is 5.99. The van der Waals surface area contributed by atoms with E-state index < -0.39 is 30.4 Å². The zero-order valence-corrected chi connectivity index (χ0v) is 17.6. The molecule has 0 saturated carbocycles. The first-order valence-electron chi connectivity index (χ1n) is 10.6. The third-order valence-electron chi connectivity index (χ3n) is 6.02. The summed E-state index contributed by atoms with van der Waals surface area (Å²) >= 11 is 0. The average molecular weight is 442 g/mol. The van der Waals surface area contributed by atoms with Gasteiger partial charge in [-0.2, -0.15) is 5.10 Å². The maximum absolute atomic E-state index is 12.8. The average Bonchev–Trinajstić information content (AvgIpc) is 3.46. The van der Waals surface area contributed by atoms with Gasteiger partial charge >= 0.3 is 0 Å². The molecule has 1 amide bonds. The Labute approximate surface area is 183 Å². The molecule has 5 heterocycles. The standard InChI is InChI=1S/C20H26N8O4/c1-26-8-5-12(24-26)11-9-28(18-13(11)17(21)22-10-23-18)20-15(30)14(29)16(32-20)19(31)25-27-6-3-2-4-7-27/h5,8-10,14-16,20,29-30H,2-4,6-7H2,1H3,(H,25,31)(H2,21,22,23)/t14-,15+,16-,20+/m0/s1. The number of aromatic nitrogens is 5. The molecule has 0 bridgehead atoms. The molecule has 0 unspecified atom stereocenters. The van der Waals surface area contributed by atoms with Crippen molar-refractivity contribution < 1.29 is 19.7 Å². The molecule has 3 aromatic rings. The van der Waals surface area contributed by atoms with Gasteiger partial charge in [-0.3, -0.25) is 14.9 Å². The van der Waals surface area contributed by atoms with E-state index in [0.29, 0.717) is 22.3 Å². The lowest BCUT2D eigenvalue weighted by Gasteiger charge is -2.28. The highest BCUT2D eigenvalue weighted by atomic mass is 16.6. The molecule has 5 rings (SSSR count). The van der Waals surface area contributed by atoms with Crippen molar-refractivity contribution in [2.75, 3.05) is 18.8 Å². The van der Waals surface area contributed by atoms with Gasteiger partial charge in [-0.15, -0.1) is 0 Å². The summed E-state index contributed by atoms with van der Waals surface area (Å²) in [6, 6.07) is 1.82. The van der Waals surface area contributed by atoms with Gasteiger partial charge < -0.3 is 25.3 Å². The summed E-state index contributed by atoms with van der Waals surface area (Å²) in [6.45, 7) is 1.48. The number of aliphatic hydroxyl groups is 2. The molecule has 12 nitrogen and oxygen atoms in total. The number of hydrogen-bond donors (Lipinski definition) is 4. The second-order valence-corrected chi connectivity index (χ2v) is 8.23.